The van der Waals surface area contributed by atoms with E-state index in [0.29, 0.717) is 0 Å². The molecule has 3 heteroatoms. The first kappa shape index (κ1) is 12.1. The third kappa shape index (κ3) is 3.33. The zero-order chi connectivity index (χ0) is 11.4. The Morgan fingerprint density at radius 2 is 2.00 bits per heavy atom. The molecular weight excluding hydrogens is 238 g/mol. The number of anilines is 1. The van der Waals surface area contributed by atoms with E-state index in [1.165, 1.54) is 42.8 Å². The van der Waals surface area contributed by atoms with Crippen molar-refractivity contribution in [2.45, 2.75) is 37.0 Å². The van der Waals surface area contributed by atoms with Gasteiger partial charge in [-0.05, 0) is 37.0 Å². The van der Waals surface area contributed by atoms with Crippen molar-refractivity contribution in [3.05, 3.63) is 23.2 Å². The van der Waals surface area contributed by atoms with E-state index in [1.54, 1.807) is 0 Å². The summed E-state index contributed by atoms with van der Waals surface area (Å²) >= 11 is 7.76. The van der Waals surface area contributed by atoms with Gasteiger partial charge in [0.1, 0.15) is 0 Å². The van der Waals surface area contributed by atoms with Gasteiger partial charge in [0, 0.05) is 21.4 Å². The topological polar surface area (TPSA) is 26.0 Å². The van der Waals surface area contributed by atoms with E-state index in [2.05, 4.69) is 0 Å². The second kappa shape index (κ2) is 5.83. The minimum Gasteiger partial charge on any atom is -0.398 e. The number of hydrogen-bond acceptors (Lipinski definition) is 2. The molecule has 1 fully saturated rings. The Morgan fingerprint density at radius 3 is 2.69 bits per heavy atom. The van der Waals surface area contributed by atoms with Gasteiger partial charge < -0.3 is 5.73 Å². The highest BCUT2D eigenvalue weighted by Gasteiger charge is 2.14. The van der Waals surface area contributed by atoms with Gasteiger partial charge >= 0.3 is 0 Å². The van der Waals surface area contributed by atoms with Gasteiger partial charge in [-0.25, -0.2) is 0 Å². The van der Waals surface area contributed by atoms with Gasteiger partial charge in [0.05, 0.1) is 0 Å². The van der Waals surface area contributed by atoms with Crippen LogP contribution in [0, 0.1) is 5.92 Å². The molecule has 88 valence electrons. The van der Waals surface area contributed by atoms with Crippen molar-refractivity contribution in [1.82, 2.24) is 0 Å². The summed E-state index contributed by atoms with van der Waals surface area (Å²) in [5.74, 6) is 2.08. The number of benzene rings is 1. The van der Waals surface area contributed by atoms with Crippen LogP contribution in [-0.2, 0) is 0 Å². The Hall–Kier alpha value is -0.340. The van der Waals surface area contributed by atoms with Crippen LogP contribution in [-0.4, -0.2) is 5.75 Å². The molecule has 0 aliphatic heterocycles. The summed E-state index contributed by atoms with van der Waals surface area (Å²) in [5, 5.41) is 0.722. The van der Waals surface area contributed by atoms with Gasteiger partial charge in [0.25, 0.3) is 0 Å². The van der Waals surface area contributed by atoms with E-state index in [0.717, 1.165) is 16.6 Å². The third-order valence-corrected chi connectivity index (χ3v) is 4.73. The largest absolute Gasteiger partial charge is 0.398 e. The van der Waals surface area contributed by atoms with Crippen molar-refractivity contribution in [3.8, 4) is 0 Å². The number of thioether (sulfide) groups is 1. The molecule has 1 saturated carbocycles. The molecule has 0 aromatic heterocycles. The standard InChI is InChI=1S/C13H18ClNS/c14-11-6-7-13(12(15)8-11)16-9-10-4-2-1-3-5-10/h6-8,10H,1-5,9,15H2. The van der Waals surface area contributed by atoms with Crippen LogP contribution < -0.4 is 5.73 Å². The first-order chi connectivity index (χ1) is 7.75. The second-order valence-electron chi connectivity index (χ2n) is 4.50. The fourth-order valence-corrected chi connectivity index (χ4v) is 3.53. The number of rotatable bonds is 3. The Kier molecular flexibility index (Phi) is 4.42. The lowest BCUT2D eigenvalue weighted by Gasteiger charge is -2.21. The molecule has 1 nitrogen and oxygen atoms in total. The van der Waals surface area contributed by atoms with Crippen LogP contribution in [0.2, 0.25) is 5.02 Å². The Balaban J connectivity index is 1.88. The van der Waals surface area contributed by atoms with Crippen LogP contribution in [0.25, 0.3) is 0 Å². The molecule has 0 heterocycles. The molecule has 1 aliphatic carbocycles. The number of halogens is 1. The summed E-state index contributed by atoms with van der Waals surface area (Å²) in [6, 6.07) is 5.79. The van der Waals surface area contributed by atoms with Crippen molar-refractivity contribution in [2.75, 3.05) is 11.5 Å². The molecule has 0 radical (unpaired) electrons. The summed E-state index contributed by atoms with van der Waals surface area (Å²) in [4.78, 5) is 1.18. The maximum absolute atomic E-state index is 5.93. The van der Waals surface area contributed by atoms with Crippen LogP contribution in [0.1, 0.15) is 32.1 Å². The first-order valence-corrected chi connectivity index (χ1v) is 7.30. The molecule has 16 heavy (non-hydrogen) atoms. The monoisotopic (exact) mass is 255 g/mol. The lowest BCUT2D eigenvalue weighted by molar-refractivity contribution is 0.391. The van der Waals surface area contributed by atoms with Gasteiger partial charge in [-0.2, -0.15) is 0 Å². The van der Waals surface area contributed by atoms with E-state index in [-0.39, 0.29) is 0 Å². The van der Waals surface area contributed by atoms with Gasteiger partial charge in [0.2, 0.25) is 0 Å². The van der Waals surface area contributed by atoms with Gasteiger partial charge in [-0.1, -0.05) is 30.9 Å². The summed E-state index contributed by atoms with van der Waals surface area (Å²) in [7, 11) is 0. The molecule has 1 aromatic rings. The average Bonchev–Trinajstić information content (AvgIpc) is 2.29. The van der Waals surface area contributed by atoms with Crippen molar-refractivity contribution in [1.29, 1.82) is 0 Å². The van der Waals surface area contributed by atoms with Crippen LogP contribution >= 0.6 is 23.4 Å². The zero-order valence-corrected chi connectivity index (χ0v) is 11.0. The van der Waals surface area contributed by atoms with E-state index >= 15 is 0 Å². The summed E-state index contributed by atoms with van der Waals surface area (Å²) in [6.45, 7) is 0. The summed E-state index contributed by atoms with van der Waals surface area (Å²) in [5.41, 5.74) is 6.74. The molecule has 0 atom stereocenters. The van der Waals surface area contributed by atoms with Gasteiger partial charge in [0.15, 0.2) is 0 Å². The molecular formula is C13H18ClNS. The maximum atomic E-state index is 5.93. The van der Waals surface area contributed by atoms with E-state index < -0.39 is 0 Å². The summed E-state index contributed by atoms with van der Waals surface area (Å²) in [6.07, 6.45) is 7.01. The average molecular weight is 256 g/mol. The molecule has 1 aliphatic rings. The van der Waals surface area contributed by atoms with Crippen molar-refractivity contribution in [3.63, 3.8) is 0 Å². The predicted octanol–water partition coefficient (Wildman–Crippen LogP) is 4.59. The lowest BCUT2D eigenvalue weighted by Crippen LogP contribution is -2.08. The lowest BCUT2D eigenvalue weighted by atomic mass is 9.91. The second-order valence-corrected chi connectivity index (χ2v) is 6.00. The Labute approximate surface area is 107 Å². The molecule has 2 N–H and O–H groups in total. The minimum absolute atomic E-state index is 0.722. The SMILES string of the molecule is Nc1cc(Cl)ccc1SCC1CCCCC1. The van der Waals surface area contributed by atoms with Gasteiger partial charge in [-0.3, -0.25) is 0 Å². The molecule has 0 spiro atoms. The first-order valence-electron chi connectivity index (χ1n) is 5.93. The summed E-state index contributed by atoms with van der Waals surface area (Å²) < 4.78 is 0. The molecule has 1 aromatic carbocycles. The van der Waals surface area contributed by atoms with E-state index in [4.69, 9.17) is 17.3 Å². The van der Waals surface area contributed by atoms with Crippen molar-refractivity contribution >= 4 is 29.1 Å². The number of nitrogen functional groups attached to an aromatic ring is 1. The molecule has 0 unspecified atom stereocenters. The quantitative estimate of drug-likeness (QED) is 0.631. The van der Waals surface area contributed by atoms with Crippen LogP contribution in [0.4, 0.5) is 5.69 Å². The highest BCUT2D eigenvalue weighted by atomic mass is 35.5. The van der Waals surface area contributed by atoms with Crippen molar-refractivity contribution < 1.29 is 0 Å². The maximum Gasteiger partial charge on any atom is 0.0467 e. The number of hydrogen-bond donors (Lipinski definition) is 1. The fourth-order valence-electron chi connectivity index (χ4n) is 2.21. The zero-order valence-electron chi connectivity index (χ0n) is 9.42. The predicted molar refractivity (Wildman–Crippen MR) is 73.2 cm³/mol. The minimum atomic E-state index is 0.722. The van der Waals surface area contributed by atoms with E-state index in [1.807, 2.05) is 30.0 Å². The normalized spacial score (nSPS) is 17.6. The van der Waals surface area contributed by atoms with E-state index in [9.17, 15) is 0 Å². The van der Waals surface area contributed by atoms with Gasteiger partial charge in [-0.15, -0.1) is 11.8 Å². The molecule has 0 saturated heterocycles. The molecule has 2 rings (SSSR count). The third-order valence-electron chi connectivity index (χ3n) is 3.17. The highest BCUT2D eigenvalue weighted by molar-refractivity contribution is 7.99. The van der Waals surface area contributed by atoms with Crippen LogP contribution in [0.3, 0.4) is 0 Å². The fraction of sp³-hybridized carbons (Fsp3) is 0.538. The van der Waals surface area contributed by atoms with Crippen LogP contribution in [0.15, 0.2) is 23.1 Å². The number of nitrogens with two attached hydrogens (primary N) is 1. The Bertz CT molecular complexity index is 348. The smallest absolute Gasteiger partial charge is 0.0467 e. The van der Waals surface area contributed by atoms with Crippen molar-refractivity contribution in [2.24, 2.45) is 5.92 Å². The molecule has 0 amide bonds. The Morgan fingerprint density at radius 1 is 1.25 bits per heavy atom. The highest BCUT2D eigenvalue weighted by Crippen LogP contribution is 2.33. The molecule has 0 bridgehead atoms. The van der Waals surface area contributed by atoms with Crippen LogP contribution in [0.5, 0.6) is 0 Å².